The number of benzene rings is 6. The van der Waals surface area contributed by atoms with Gasteiger partial charge < -0.3 is 4.74 Å². The summed E-state index contributed by atoms with van der Waals surface area (Å²) in [5.41, 5.74) is 11.8. The third kappa shape index (κ3) is 4.72. The number of fused-ring (bicyclic) bond motifs is 5. The highest BCUT2D eigenvalue weighted by molar-refractivity contribution is 6.21. The maximum atomic E-state index is 11.3. The summed E-state index contributed by atoms with van der Waals surface area (Å²) in [6.07, 6.45) is 3.96. The van der Waals surface area contributed by atoms with Crippen LogP contribution < -0.4 is 0 Å². The molecule has 0 aromatic heterocycles. The summed E-state index contributed by atoms with van der Waals surface area (Å²) in [7, 11) is 0. The summed E-state index contributed by atoms with van der Waals surface area (Å²) >= 11 is 0. The molecule has 1 aliphatic rings. The predicted octanol–water partition coefficient (Wildman–Crippen LogP) is 10.7. The number of carbonyl (C=O) groups is 1. The van der Waals surface area contributed by atoms with E-state index in [1.807, 2.05) is 0 Å². The highest BCUT2D eigenvalue weighted by atomic mass is 16.5. The highest BCUT2D eigenvalue weighted by Gasteiger charge is 2.35. The number of rotatable bonds is 8. The van der Waals surface area contributed by atoms with Crippen molar-refractivity contribution in [2.24, 2.45) is 0 Å². The number of aryl methyl sites for hydroxylation is 1. The minimum atomic E-state index is -0.356. The van der Waals surface area contributed by atoms with Crippen molar-refractivity contribution in [3.63, 3.8) is 0 Å². The first-order chi connectivity index (χ1) is 21.5. The normalized spacial score (nSPS) is 13.0. The molecular formula is C42H36O2. The lowest BCUT2D eigenvalue weighted by molar-refractivity contribution is -0.137. The van der Waals surface area contributed by atoms with Crippen molar-refractivity contribution in [1.82, 2.24) is 0 Å². The van der Waals surface area contributed by atoms with E-state index in [-0.39, 0.29) is 11.4 Å². The van der Waals surface area contributed by atoms with Gasteiger partial charge in [-0.05, 0) is 96.9 Å². The molecule has 2 heteroatoms. The molecule has 0 bridgehead atoms. The predicted molar refractivity (Wildman–Crippen MR) is 184 cm³/mol. The molecule has 44 heavy (non-hydrogen) atoms. The van der Waals surface area contributed by atoms with E-state index in [9.17, 15) is 4.79 Å². The zero-order valence-electron chi connectivity index (χ0n) is 25.4. The summed E-state index contributed by atoms with van der Waals surface area (Å²) < 4.78 is 5.12. The van der Waals surface area contributed by atoms with E-state index in [0.29, 0.717) is 6.61 Å². The standard InChI is InChI=1S/C42H36O2/c1-4-39(43)44-26-12-11-13-28-20-22-29(23-21-28)40-33-15-5-7-17-35(33)41(36-18-8-6-16-34(36)40)30-24-25-32-31-14-9-10-19-37(31)42(2,3)38(32)27-30/h4-10,14-25,27H,1,11-13,26H2,2-3H3. The molecule has 0 atom stereocenters. The molecular weight excluding hydrogens is 536 g/mol. The first-order valence-electron chi connectivity index (χ1n) is 15.5. The largest absolute Gasteiger partial charge is 0.463 e. The Labute approximate surface area is 259 Å². The van der Waals surface area contributed by atoms with Crippen molar-refractivity contribution in [2.45, 2.75) is 38.5 Å². The van der Waals surface area contributed by atoms with Crippen molar-refractivity contribution in [3.05, 3.63) is 145 Å². The average Bonchev–Trinajstić information content (AvgIpc) is 3.29. The van der Waals surface area contributed by atoms with E-state index in [2.05, 4.69) is 136 Å². The molecule has 0 radical (unpaired) electrons. The van der Waals surface area contributed by atoms with Gasteiger partial charge in [0.15, 0.2) is 0 Å². The zero-order chi connectivity index (χ0) is 30.3. The van der Waals surface area contributed by atoms with Gasteiger partial charge in [0.25, 0.3) is 0 Å². The van der Waals surface area contributed by atoms with Crippen molar-refractivity contribution in [2.75, 3.05) is 6.61 Å². The van der Waals surface area contributed by atoms with Gasteiger partial charge in [-0.2, -0.15) is 0 Å². The first-order valence-corrected chi connectivity index (χ1v) is 15.5. The lowest BCUT2D eigenvalue weighted by Gasteiger charge is -2.23. The molecule has 216 valence electrons. The topological polar surface area (TPSA) is 26.3 Å². The molecule has 7 rings (SSSR count). The molecule has 0 N–H and O–H groups in total. The van der Waals surface area contributed by atoms with E-state index in [4.69, 9.17) is 4.74 Å². The van der Waals surface area contributed by atoms with Gasteiger partial charge in [0.05, 0.1) is 6.61 Å². The number of hydrogen-bond donors (Lipinski definition) is 0. The number of carbonyl (C=O) groups excluding carboxylic acids is 1. The smallest absolute Gasteiger partial charge is 0.330 e. The Morgan fingerprint density at radius 2 is 1.20 bits per heavy atom. The SMILES string of the molecule is C=CC(=O)OCCCCc1ccc(-c2c3ccccc3c(-c3ccc4c(c3)C(C)(C)c3ccccc3-4)c3ccccc23)cc1. The zero-order valence-corrected chi connectivity index (χ0v) is 25.4. The van der Waals surface area contributed by atoms with Gasteiger partial charge in [0.1, 0.15) is 0 Å². The van der Waals surface area contributed by atoms with E-state index >= 15 is 0 Å². The van der Waals surface area contributed by atoms with Crippen LogP contribution in [0.3, 0.4) is 0 Å². The van der Waals surface area contributed by atoms with Crippen LogP contribution in [0, 0.1) is 0 Å². The number of hydrogen-bond acceptors (Lipinski definition) is 2. The van der Waals surface area contributed by atoms with Crippen LogP contribution in [0.5, 0.6) is 0 Å². The van der Waals surface area contributed by atoms with Crippen LogP contribution in [0.25, 0.3) is 54.9 Å². The van der Waals surface area contributed by atoms with E-state index < -0.39 is 0 Å². The summed E-state index contributed by atoms with van der Waals surface area (Å²) in [5, 5.41) is 5.07. The Hall–Kier alpha value is -4.95. The molecule has 0 aliphatic heterocycles. The summed E-state index contributed by atoms with van der Waals surface area (Å²) in [6, 6.07) is 42.7. The van der Waals surface area contributed by atoms with Crippen LogP contribution in [0.2, 0.25) is 0 Å². The van der Waals surface area contributed by atoms with Crippen LogP contribution in [0.4, 0.5) is 0 Å². The molecule has 0 spiro atoms. The quantitative estimate of drug-likeness (QED) is 0.0785. The maximum Gasteiger partial charge on any atom is 0.330 e. The lowest BCUT2D eigenvalue weighted by Crippen LogP contribution is -2.14. The summed E-state index contributed by atoms with van der Waals surface area (Å²) in [4.78, 5) is 11.3. The van der Waals surface area contributed by atoms with Crippen LogP contribution in [-0.4, -0.2) is 12.6 Å². The van der Waals surface area contributed by atoms with Crippen molar-refractivity contribution < 1.29 is 9.53 Å². The summed E-state index contributed by atoms with van der Waals surface area (Å²) in [6.45, 7) is 8.58. The Balaban J connectivity index is 1.30. The van der Waals surface area contributed by atoms with Crippen LogP contribution >= 0.6 is 0 Å². The molecule has 0 saturated heterocycles. The molecule has 0 amide bonds. The Morgan fingerprint density at radius 1 is 0.659 bits per heavy atom. The Bertz CT molecular complexity index is 1990. The van der Waals surface area contributed by atoms with Gasteiger partial charge >= 0.3 is 5.97 Å². The Kier molecular flexibility index (Phi) is 7.14. The molecule has 2 nitrogen and oxygen atoms in total. The average molecular weight is 573 g/mol. The minimum Gasteiger partial charge on any atom is -0.463 e. The third-order valence-electron chi connectivity index (χ3n) is 9.32. The molecule has 0 unspecified atom stereocenters. The van der Waals surface area contributed by atoms with E-state index in [1.54, 1.807) is 0 Å². The molecule has 0 saturated carbocycles. The van der Waals surface area contributed by atoms with Crippen LogP contribution in [0.15, 0.2) is 128 Å². The number of unbranched alkanes of at least 4 members (excludes halogenated alkanes) is 1. The fraction of sp³-hybridized carbons (Fsp3) is 0.167. The van der Waals surface area contributed by atoms with Crippen LogP contribution in [0.1, 0.15) is 43.4 Å². The van der Waals surface area contributed by atoms with E-state index in [1.165, 1.54) is 77.7 Å². The fourth-order valence-corrected chi connectivity index (χ4v) is 7.11. The second-order valence-corrected chi connectivity index (χ2v) is 12.3. The minimum absolute atomic E-state index is 0.0503. The van der Waals surface area contributed by atoms with Gasteiger partial charge in [-0.15, -0.1) is 0 Å². The second-order valence-electron chi connectivity index (χ2n) is 12.3. The number of esters is 1. The highest BCUT2D eigenvalue weighted by Crippen LogP contribution is 2.51. The summed E-state index contributed by atoms with van der Waals surface area (Å²) in [5.74, 6) is -0.356. The lowest BCUT2D eigenvalue weighted by atomic mass is 9.80. The second kappa shape index (κ2) is 11.3. The van der Waals surface area contributed by atoms with Gasteiger partial charge in [-0.25, -0.2) is 4.79 Å². The van der Waals surface area contributed by atoms with Crippen molar-refractivity contribution in [3.8, 4) is 33.4 Å². The molecule has 1 aliphatic carbocycles. The van der Waals surface area contributed by atoms with E-state index in [0.717, 1.165) is 19.3 Å². The van der Waals surface area contributed by atoms with Crippen molar-refractivity contribution in [1.29, 1.82) is 0 Å². The molecule has 0 heterocycles. The number of ether oxygens (including phenoxy) is 1. The van der Waals surface area contributed by atoms with Gasteiger partial charge in [-0.3, -0.25) is 0 Å². The monoisotopic (exact) mass is 572 g/mol. The van der Waals surface area contributed by atoms with Crippen molar-refractivity contribution >= 4 is 27.5 Å². The Morgan fingerprint density at radius 3 is 1.84 bits per heavy atom. The third-order valence-corrected chi connectivity index (χ3v) is 9.32. The molecule has 6 aromatic carbocycles. The molecule has 0 fully saturated rings. The van der Waals surface area contributed by atoms with Gasteiger partial charge in [-0.1, -0.05) is 130 Å². The van der Waals surface area contributed by atoms with Gasteiger partial charge in [0, 0.05) is 11.5 Å². The van der Waals surface area contributed by atoms with Crippen LogP contribution in [-0.2, 0) is 21.4 Å². The fourth-order valence-electron chi connectivity index (χ4n) is 7.11. The first kappa shape index (κ1) is 27.9. The maximum absolute atomic E-state index is 11.3. The van der Waals surface area contributed by atoms with Gasteiger partial charge in [0.2, 0.25) is 0 Å². The molecule has 6 aromatic rings.